The summed E-state index contributed by atoms with van der Waals surface area (Å²) in [7, 11) is -2.60. The molecule has 0 bridgehead atoms. The smallest absolute Gasteiger partial charge is 0.244 e. The van der Waals surface area contributed by atoms with Crippen molar-refractivity contribution in [1.82, 2.24) is 4.31 Å². The molecule has 23 heavy (non-hydrogen) atoms. The molecule has 0 saturated carbocycles. The zero-order valence-corrected chi connectivity index (χ0v) is 13.7. The number of rotatable bonds is 5. The van der Waals surface area contributed by atoms with Crippen molar-refractivity contribution < 1.29 is 17.6 Å². The van der Waals surface area contributed by atoms with Gasteiger partial charge in [0.2, 0.25) is 15.9 Å². The third-order valence-corrected chi connectivity index (χ3v) is 5.32. The lowest BCUT2D eigenvalue weighted by molar-refractivity contribution is -0.116. The van der Waals surface area contributed by atoms with Gasteiger partial charge >= 0.3 is 0 Å². The summed E-state index contributed by atoms with van der Waals surface area (Å²) in [6, 6.07) is 11.1. The van der Waals surface area contributed by atoms with E-state index in [4.69, 9.17) is 11.6 Å². The molecule has 0 unspecified atom stereocenters. The summed E-state index contributed by atoms with van der Waals surface area (Å²) in [4.78, 5) is 11.9. The number of amides is 1. The van der Waals surface area contributed by atoms with Crippen LogP contribution in [0, 0.1) is 5.82 Å². The molecule has 0 spiro atoms. The second-order valence-electron chi connectivity index (χ2n) is 4.75. The minimum Gasteiger partial charge on any atom is -0.325 e. The van der Waals surface area contributed by atoms with Crippen LogP contribution in [0.3, 0.4) is 0 Å². The molecule has 0 aliphatic heterocycles. The summed E-state index contributed by atoms with van der Waals surface area (Å²) in [6.45, 7) is -0.398. The van der Waals surface area contributed by atoms with E-state index < -0.39 is 28.3 Å². The molecule has 1 amide bonds. The van der Waals surface area contributed by atoms with Gasteiger partial charge in [0.05, 0.1) is 11.6 Å². The number of anilines is 1. The van der Waals surface area contributed by atoms with Gasteiger partial charge < -0.3 is 5.32 Å². The third-order valence-electron chi connectivity index (χ3n) is 3.02. The van der Waals surface area contributed by atoms with Crippen LogP contribution >= 0.6 is 11.6 Å². The monoisotopic (exact) mass is 356 g/mol. The molecule has 0 aliphatic rings. The number of nitrogens with zero attached hydrogens (tertiary/aromatic N) is 1. The van der Waals surface area contributed by atoms with E-state index in [-0.39, 0.29) is 9.92 Å². The highest BCUT2D eigenvalue weighted by Gasteiger charge is 2.25. The number of sulfonamides is 1. The number of hydrogen-bond acceptors (Lipinski definition) is 3. The molecule has 0 heterocycles. The lowest BCUT2D eigenvalue weighted by atomic mass is 10.3. The average molecular weight is 357 g/mol. The number of benzene rings is 2. The predicted molar refractivity (Wildman–Crippen MR) is 86.3 cm³/mol. The largest absolute Gasteiger partial charge is 0.325 e. The fraction of sp³-hybridized carbons (Fsp3) is 0.133. The summed E-state index contributed by atoms with van der Waals surface area (Å²) >= 11 is 5.89. The minimum absolute atomic E-state index is 0.0706. The van der Waals surface area contributed by atoms with E-state index in [1.54, 1.807) is 12.1 Å². The van der Waals surface area contributed by atoms with Gasteiger partial charge in [-0.15, -0.1) is 0 Å². The molecule has 0 aromatic heterocycles. The van der Waals surface area contributed by atoms with Crippen LogP contribution in [-0.4, -0.2) is 32.2 Å². The van der Waals surface area contributed by atoms with Crippen LogP contribution in [0.5, 0.6) is 0 Å². The van der Waals surface area contributed by atoms with Crippen molar-refractivity contribution in [1.29, 1.82) is 0 Å². The Bertz CT molecular complexity index is 810. The van der Waals surface area contributed by atoms with Crippen molar-refractivity contribution in [2.45, 2.75) is 4.90 Å². The number of carbonyl (C=O) groups is 1. The number of carbonyl (C=O) groups excluding carboxylic acids is 1. The molecule has 1 N–H and O–H groups in total. The molecular weight excluding hydrogens is 343 g/mol. The van der Waals surface area contributed by atoms with Crippen LogP contribution in [0.2, 0.25) is 5.02 Å². The van der Waals surface area contributed by atoms with Gasteiger partial charge in [-0.05, 0) is 36.4 Å². The third kappa shape index (κ3) is 4.28. The molecule has 0 saturated heterocycles. The highest BCUT2D eigenvalue weighted by atomic mass is 35.5. The van der Waals surface area contributed by atoms with Crippen LogP contribution < -0.4 is 5.32 Å². The molecule has 2 rings (SSSR count). The molecule has 122 valence electrons. The molecule has 0 fully saturated rings. The summed E-state index contributed by atoms with van der Waals surface area (Å²) in [6.07, 6.45) is 0. The molecular formula is C15H14ClFN2O3S. The first kappa shape index (κ1) is 17.4. The van der Waals surface area contributed by atoms with Gasteiger partial charge in [-0.3, -0.25) is 4.79 Å². The van der Waals surface area contributed by atoms with E-state index in [0.29, 0.717) is 5.69 Å². The van der Waals surface area contributed by atoms with Gasteiger partial charge in [0.25, 0.3) is 0 Å². The van der Waals surface area contributed by atoms with Gasteiger partial charge in [-0.2, -0.15) is 4.31 Å². The number of halogens is 2. The number of nitrogens with one attached hydrogen (secondary N) is 1. The normalized spacial score (nSPS) is 11.5. The molecule has 5 nitrogen and oxygen atoms in total. The van der Waals surface area contributed by atoms with E-state index in [2.05, 4.69) is 5.32 Å². The van der Waals surface area contributed by atoms with Crippen LogP contribution in [-0.2, 0) is 14.8 Å². The number of likely N-dealkylation sites (N-methyl/N-ethyl adjacent to an activating group) is 1. The first-order chi connectivity index (χ1) is 10.8. The van der Waals surface area contributed by atoms with Crippen LogP contribution in [0.1, 0.15) is 0 Å². The van der Waals surface area contributed by atoms with Crippen molar-refractivity contribution >= 4 is 33.2 Å². The molecule has 2 aromatic rings. The summed E-state index contributed by atoms with van der Waals surface area (Å²) in [5, 5.41) is 2.58. The number of hydrogen-bond donors (Lipinski definition) is 1. The van der Waals surface area contributed by atoms with Crippen molar-refractivity contribution in [3.8, 4) is 0 Å². The summed E-state index contributed by atoms with van der Waals surface area (Å²) < 4.78 is 38.5. The summed E-state index contributed by atoms with van der Waals surface area (Å²) in [5.41, 5.74) is 0.375. The quantitative estimate of drug-likeness (QED) is 0.895. The van der Waals surface area contributed by atoms with Crippen molar-refractivity contribution in [3.05, 3.63) is 59.4 Å². The Labute approximate surface area is 138 Å². The zero-order valence-electron chi connectivity index (χ0n) is 12.2. The minimum atomic E-state index is -3.88. The molecule has 8 heteroatoms. The van der Waals surface area contributed by atoms with Crippen molar-refractivity contribution in [2.75, 3.05) is 18.9 Å². The Hall–Kier alpha value is -1.96. The highest BCUT2D eigenvalue weighted by molar-refractivity contribution is 7.89. The van der Waals surface area contributed by atoms with E-state index in [1.807, 2.05) is 0 Å². The van der Waals surface area contributed by atoms with Crippen molar-refractivity contribution in [2.24, 2.45) is 0 Å². The first-order valence-corrected chi connectivity index (χ1v) is 8.39. The van der Waals surface area contributed by atoms with E-state index in [0.717, 1.165) is 4.31 Å². The van der Waals surface area contributed by atoms with Gasteiger partial charge in [0, 0.05) is 12.7 Å². The first-order valence-electron chi connectivity index (χ1n) is 6.57. The maximum absolute atomic E-state index is 12.8. The maximum Gasteiger partial charge on any atom is 0.244 e. The molecule has 2 aromatic carbocycles. The van der Waals surface area contributed by atoms with Crippen LogP contribution in [0.25, 0.3) is 0 Å². The maximum atomic E-state index is 12.8. The summed E-state index contributed by atoms with van der Waals surface area (Å²) in [5.74, 6) is -0.976. The highest BCUT2D eigenvalue weighted by Crippen LogP contribution is 2.23. The SMILES string of the molecule is CN(CC(=O)Nc1ccc(F)cc1)S(=O)(=O)c1ccccc1Cl. The zero-order chi connectivity index (χ0) is 17.0. The van der Waals surface area contributed by atoms with Gasteiger partial charge in [0.1, 0.15) is 10.7 Å². The second-order valence-corrected chi connectivity index (χ2v) is 7.17. The van der Waals surface area contributed by atoms with Crippen LogP contribution in [0.4, 0.5) is 10.1 Å². The van der Waals surface area contributed by atoms with Crippen molar-refractivity contribution in [3.63, 3.8) is 0 Å². The Morgan fingerprint density at radius 2 is 1.78 bits per heavy atom. The van der Waals surface area contributed by atoms with Gasteiger partial charge in [-0.25, -0.2) is 12.8 Å². The Balaban J connectivity index is 2.08. The Morgan fingerprint density at radius 3 is 2.39 bits per heavy atom. The predicted octanol–water partition coefficient (Wildman–Crippen LogP) is 2.74. The molecule has 0 atom stereocenters. The van der Waals surface area contributed by atoms with E-state index in [9.17, 15) is 17.6 Å². The average Bonchev–Trinajstić information content (AvgIpc) is 2.49. The molecule has 0 aliphatic carbocycles. The van der Waals surface area contributed by atoms with E-state index >= 15 is 0 Å². The van der Waals surface area contributed by atoms with E-state index in [1.165, 1.54) is 43.4 Å². The van der Waals surface area contributed by atoms with Gasteiger partial charge in [0.15, 0.2) is 0 Å². The Morgan fingerprint density at radius 1 is 1.17 bits per heavy atom. The molecule has 0 radical (unpaired) electrons. The lowest BCUT2D eigenvalue weighted by Gasteiger charge is -2.17. The van der Waals surface area contributed by atoms with Gasteiger partial charge in [-0.1, -0.05) is 23.7 Å². The standard InChI is InChI=1S/C15H14ClFN2O3S/c1-19(23(21,22)14-5-3-2-4-13(14)16)10-15(20)18-12-8-6-11(17)7-9-12/h2-9H,10H2,1H3,(H,18,20). The topological polar surface area (TPSA) is 66.5 Å². The fourth-order valence-corrected chi connectivity index (χ4v) is 3.46. The fourth-order valence-electron chi connectivity index (χ4n) is 1.84. The lowest BCUT2D eigenvalue weighted by Crippen LogP contribution is -2.35. The second kappa shape index (κ2) is 7.08. The van der Waals surface area contributed by atoms with Crippen LogP contribution in [0.15, 0.2) is 53.4 Å². The Kier molecular flexibility index (Phi) is 5.35.